The van der Waals surface area contributed by atoms with Crippen molar-refractivity contribution >= 4 is 46.0 Å². The van der Waals surface area contributed by atoms with E-state index in [4.69, 9.17) is 16.3 Å². The Morgan fingerprint density at radius 3 is 2.39 bits per heavy atom. The number of halogens is 1. The third-order valence-corrected chi connectivity index (χ3v) is 7.27. The van der Waals surface area contributed by atoms with Crippen molar-refractivity contribution in [2.45, 2.75) is 66.3 Å². The van der Waals surface area contributed by atoms with Gasteiger partial charge in [-0.2, -0.15) is 9.78 Å². The number of carbonyl (C=O) groups is 3. The molecular formula is C31H39ClN8O4. The number of rotatable bonds is 12. The zero-order chi connectivity index (χ0) is 32.0. The van der Waals surface area contributed by atoms with Gasteiger partial charge in [-0.1, -0.05) is 38.3 Å². The molecule has 0 aliphatic heterocycles. The summed E-state index contributed by atoms with van der Waals surface area (Å²) in [7, 11) is 1.43. The molecule has 0 saturated carbocycles. The van der Waals surface area contributed by atoms with Crippen LogP contribution in [0.5, 0.6) is 5.88 Å². The number of hydrogen-bond acceptors (Lipinski definition) is 7. The Bertz CT molecular complexity index is 1650. The largest absolute Gasteiger partial charge is 0.480 e. The van der Waals surface area contributed by atoms with Crippen LogP contribution in [-0.4, -0.2) is 73.5 Å². The van der Waals surface area contributed by atoms with Gasteiger partial charge < -0.3 is 20.3 Å². The Morgan fingerprint density at radius 2 is 1.77 bits per heavy atom. The molecule has 13 heteroatoms. The highest BCUT2D eigenvalue weighted by atomic mass is 35.5. The van der Waals surface area contributed by atoms with Gasteiger partial charge in [0.25, 0.3) is 11.8 Å². The molecule has 0 unspecified atom stereocenters. The van der Waals surface area contributed by atoms with Crippen LogP contribution in [0, 0.1) is 6.92 Å². The van der Waals surface area contributed by atoms with Gasteiger partial charge in [0, 0.05) is 43.0 Å². The van der Waals surface area contributed by atoms with Crippen molar-refractivity contribution in [2.75, 3.05) is 25.5 Å². The number of nitrogens with zero attached hydrogens (tertiary/aromatic N) is 6. The van der Waals surface area contributed by atoms with E-state index in [0.29, 0.717) is 29.6 Å². The molecule has 0 aliphatic rings. The predicted molar refractivity (Wildman–Crippen MR) is 170 cm³/mol. The number of ether oxygens (including phenoxy) is 1. The van der Waals surface area contributed by atoms with Gasteiger partial charge in [0.2, 0.25) is 5.88 Å². The molecule has 234 valence electrons. The maximum Gasteiger partial charge on any atom is 0.344 e. The van der Waals surface area contributed by atoms with Gasteiger partial charge in [-0.3, -0.25) is 9.59 Å². The first kappa shape index (κ1) is 32.5. The van der Waals surface area contributed by atoms with E-state index in [1.54, 1.807) is 36.2 Å². The predicted octanol–water partition coefficient (Wildman–Crippen LogP) is 5.85. The van der Waals surface area contributed by atoms with E-state index in [2.05, 4.69) is 39.7 Å². The molecule has 0 atom stereocenters. The molecule has 0 bridgehead atoms. The number of anilines is 1. The van der Waals surface area contributed by atoms with Crippen molar-refractivity contribution < 1.29 is 19.1 Å². The first-order valence-electron chi connectivity index (χ1n) is 14.8. The summed E-state index contributed by atoms with van der Waals surface area (Å²) in [5.74, 6) is -0.603. The number of amides is 3. The number of fused-ring (bicyclic) bond motifs is 1. The second kappa shape index (κ2) is 14.3. The molecular weight excluding hydrogens is 584 g/mol. The van der Waals surface area contributed by atoms with Crippen molar-refractivity contribution in [3.05, 3.63) is 58.5 Å². The number of aryl methyl sites for hydroxylation is 1. The van der Waals surface area contributed by atoms with E-state index in [1.807, 2.05) is 13.8 Å². The minimum Gasteiger partial charge on any atom is -0.480 e. The van der Waals surface area contributed by atoms with Gasteiger partial charge in [-0.05, 0) is 57.4 Å². The van der Waals surface area contributed by atoms with Crippen molar-refractivity contribution in [3.8, 4) is 11.7 Å². The van der Waals surface area contributed by atoms with Gasteiger partial charge in [-0.25, -0.2) is 14.5 Å². The van der Waals surface area contributed by atoms with Gasteiger partial charge in [-0.15, -0.1) is 5.10 Å². The summed E-state index contributed by atoms with van der Waals surface area (Å²) in [6.07, 6.45) is 6.83. The summed E-state index contributed by atoms with van der Waals surface area (Å²) in [6.45, 7) is 10.8. The molecule has 4 aromatic rings. The number of hydrogen-bond donors (Lipinski definition) is 2. The standard InChI is InChI=1S/C31H39ClN8O4/c1-7-9-14-38(15-10-8-2)31(43)39-18-21-16-20(5)26(25(27(21)37-39)30(42)34-19(3)4)35-29(41)23-17-24(44-6)36-40(23)28-22(32)12-11-13-33-28/h11-13,16-19H,7-10,14-15H2,1-6H3,(H,34,42)(H,35,41). The maximum absolute atomic E-state index is 13.8. The monoisotopic (exact) mass is 622 g/mol. The molecule has 0 fully saturated rings. The highest BCUT2D eigenvalue weighted by molar-refractivity contribution is 6.32. The van der Waals surface area contributed by atoms with Crippen LogP contribution in [0.25, 0.3) is 16.7 Å². The molecule has 3 aromatic heterocycles. The third-order valence-electron chi connectivity index (χ3n) is 6.98. The fraction of sp³-hybridized carbons (Fsp3) is 0.419. The molecule has 2 N–H and O–H groups in total. The molecule has 1 aromatic carbocycles. The fourth-order valence-corrected chi connectivity index (χ4v) is 4.96. The molecule has 0 saturated heterocycles. The van der Waals surface area contributed by atoms with E-state index >= 15 is 0 Å². The van der Waals surface area contributed by atoms with Crippen LogP contribution in [0.2, 0.25) is 5.02 Å². The average molecular weight is 623 g/mol. The van der Waals surface area contributed by atoms with Crippen LogP contribution in [0.1, 0.15) is 79.8 Å². The second-order valence-corrected chi connectivity index (χ2v) is 11.2. The summed E-state index contributed by atoms with van der Waals surface area (Å²) >= 11 is 6.37. The zero-order valence-electron chi connectivity index (χ0n) is 26.0. The Balaban J connectivity index is 1.81. The van der Waals surface area contributed by atoms with Crippen molar-refractivity contribution in [1.82, 2.24) is 34.8 Å². The summed E-state index contributed by atoms with van der Waals surface area (Å²) in [4.78, 5) is 47.1. The number of unbranched alkanes of at least 4 members (excludes halogenated alkanes) is 2. The fourth-order valence-electron chi connectivity index (χ4n) is 4.76. The Morgan fingerprint density at radius 1 is 1.07 bits per heavy atom. The van der Waals surface area contributed by atoms with E-state index in [-0.39, 0.29) is 45.7 Å². The normalized spacial score (nSPS) is 11.2. The summed E-state index contributed by atoms with van der Waals surface area (Å²) in [5, 5.41) is 15.6. The number of pyridine rings is 1. The summed E-state index contributed by atoms with van der Waals surface area (Å²) < 4.78 is 7.85. The highest BCUT2D eigenvalue weighted by Gasteiger charge is 2.27. The molecule has 0 aliphatic carbocycles. The Labute approximate surface area is 261 Å². The number of nitrogens with one attached hydrogen (secondary N) is 2. The maximum atomic E-state index is 13.8. The first-order chi connectivity index (χ1) is 21.1. The Kier molecular flexibility index (Phi) is 10.6. The Hall–Kier alpha value is -4.45. The van der Waals surface area contributed by atoms with E-state index in [1.165, 1.54) is 28.7 Å². The first-order valence-corrected chi connectivity index (χ1v) is 15.2. The lowest BCUT2D eigenvalue weighted by Crippen LogP contribution is -2.36. The molecule has 0 radical (unpaired) electrons. The van der Waals surface area contributed by atoms with E-state index in [0.717, 1.165) is 25.7 Å². The van der Waals surface area contributed by atoms with Crippen LogP contribution in [0.15, 0.2) is 36.7 Å². The van der Waals surface area contributed by atoms with Crippen LogP contribution >= 0.6 is 11.6 Å². The van der Waals surface area contributed by atoms with Crippen LogP contribution < -0.4 is 15.4 Å². The van der Waals surface area contributed by atoms with Crippen LogP contribution in [0.3, 0.4) is 0 Å². The zero-order valence-corrected chi connectivity index (χ0v) is 26.7. The van der Waals surface area contributed by atoms with Crippen molar-refractivity contribution in [2.24, 2.45) is 0 Å². The molecule has 3 amide bonds. The van der Waals surface area contributed by atoms with Gasteiger partial charge in [0.15, 0.2) is 5.82 Å². The molecule has 12 nitrogen and oxygen atoms in total. The van der Waals surface area contributed by atoms with E-state index < -0.39 is 11.8 Å². The van der Waals surface area contributed by atoms with E-state index in [9.17, 15) is 14.4 Å². The molecule has 4 rings (SSSR count). The van der Waals surface area contributed by atoms with Gasteiger partial charge in [0.1, 0.15) is 11.2 Å². The smallest absolute Gasteiger partial charge is 0.344 e. The minimum atomic E-state index is -0.579. The lowest BCUT2D eigenvalue weighted by Gasteiger charge is -2.21. The average Bonchev–Trinajstić information content (AvgIpc) is 3.61. The SMILES string of the molecule is CCCCN(CCCC)C(=O)n1cc2cc(C)c(NC(=O)c3cc(OC)nn3-c3ncccc3Cl)c(C(=O)NC(C)C)c2n1. The van der Waals surface area contributed by atoms with Crippen LogP contribution in [0.4, 0.5) is 10.5 Å². The number of benzene rings is 1. The number of aromatic nitrogens is 5. The lowest BCUT2D eigenvalue weighted by atomic mass is 10.0. The quantitative estimate of drug-likeness (QED) is 0.202. The van der Waals surface area contributed by atoms with Crippen molar-refractivity contribution in [3.63, 3.8) is 0 Å². The highest BCUT2D eigenvalue weighted by Crippen LogP contribution is 2.31. The van der Waals surface area contributed by atoms with Crippen molar-refractivity contribution in [1.29, 1.82) is 0 Å². The van der Waals surface area contributed by atoms with Crippen LogP contribution in [-0.2, 0) is 0 Å². The molecule has 0 spiro atoms. The topological polar surface area (TPSA) is 136 Å². The molecule has 3 heterocycles. The minimum absolute atomic E-state index is 0.0837. The lowest BCUT2D eigenvalue weighted by molar-refractivity contribution is 0.0945. The second-order valence-electron chi connectivity index (χ2n) is 10.8. The molecule has 44 heavy (non-hydrogen) atoms. The summed E-state index contributed by atoms with van der Waals surface area (Å²) in [6, 6.07) is 6.10. The summed E-state index contributed by atoms with van der Waals surface area (Å²) in [5.41, 5.74) is 1.39. The van der Waals surface area contributed by atoms with Gasteiger partial charge in [0.05, 0.1) is 23.4 Å². The van der Waals surface area contributed by atoms with Gasteiger partial charge >= 0.3 is 6.03 Å². The third kappa shape index (κ3) is 7.02. The number of methoxy groups -OCH3 is 1. The number of carbonyl (C=O) groups excluding carboxylic acids is 3.